The van der Waals surface area contributed by atoms with Gasteiger partial charge in [0, 0.05) is 13.3 Å². The third-order valence-electron chi connectivity index (χ3n) is 2.46. The molecule has 0 saturated heterocycles. The highest BCUT2D eigenvalue weighted by Crippen LogP contribution is 2.19. The van der Waals surface area contributed by atoms with E-state index in [0.29, 0.717) is 0 Å². The van der Waals surface area contributed by atoms with Gasteiger partial charge in [-0.1, -0.05) is 12.1 Å². The first-order valence-electron chi connectivity index (χ1n) is 6.45. The molecule has 1 aromatic carbocycles. The van der Waals surface area contributed by atoms with Gasteiger partial charge < -0.3 is 15.2 Å². The predicted molar refractivity (Wildman–Crippen MR) is 75.8 cm³/mol. The minimum atomic E-state index is -1.05. The van der Waals surface area contributed by atoms with E-state index in [1.807, 2.05) is 20.8 Å². The largest absolute Gasteiger partial charge is 0.488 e. The molecule has 0 spiro atoms. The lowest BCUT2D eigenvalue weighted by atomic mass is 10.1. The summed E-state index contributed by atoms with van der Waals surface area (Å²) in [4.78, 5) is 22.0. The van der Waals surface area contributed by atoms with Crippen molar-refractivity contribution >= 4 is 11.9 Å². The molecule has 1 aromatic rings. The zero-order valence-electron chi connectivity index (χ0n) is 12.3. The van der Waals surface area contributed by atoms with Gasteiger partial charge in [0.1, 0.15) is 17.4 Å². The highest BCUT2D eigenvalue weighted by molar-refractivity contribution is 5.82. The van der Waals surface area contributed by atoms with Gasteiger partial charge in [-0.3, -0.25) is 4.79 Å². The Morgan fingerprint density at radius 1 is 1.25 bits per heavy atom. The first-order valence-corrected chi connectivity index (χ1v) is 6.45. The predicted octanol–water partition coefficient (Wildman–Crippen LogP) is 2.00. The summed E-state index contributed by atoms with van der Waals surface area (Å²) >= 11 is 0. The highest BCUT2D eigenvalue weighted by Gasteiger charge is 2.19. The first kappa shape index (κ1) is 16.0. The number of hydrogen-bond donors (Lipinski definition) is 2. The Morgan fingerprint density at radius 2 is 1.80 bits per heavy atom. The molecule has 0 fully saturated rings. The number of amides is 1. The van der Waals surface area contributed by atoms with E-state index in [-0.39, 0.29) is 17.9 Å². The van der Waals surface area contributed by atoms with Crippen molar-refractivity contribution in [2.24, 2.45) is 0 Å². The van der Waals surface area contributed by atoms with E-state index in [2.05, 4.69) is 5.32 Å². The molecule has 0 aliphatic carbocycles. The van der Waals surface area contributed by atoms with E-state index in [1.165, 1.54) is 6.92 Å². The number of rotatable bonds is 5. The van der Waals surface area contributed by atoms with Gasteiger partial charge in [-0.05, 0) is 38.5 Å². The normalized spacial score (nSPS) is 12.6. The summed E-state index contributed by atoms with van der Waals surface area (Å²) in [6.07, 6.45) is 0.241. The standard InChI is InChI=1S/C15H21NO4/c1-10(17)16-13(14(18)19)9-11-5-7-12(8-6-11)20-15(2,3)4/h5-8,13H,9H2,1-4H3,(H,16,17)(H,18,19)/t13-/m0/s1. The Balaban J connectivity index is 2.72. The summed E-state index contributed by atoms with van der Waals surface area (Å²) < 4.78 is 5.69. The first-order chi connectivity index (χ1) is 9.17. The van der Waals surface area contributed by atoms with Gasteiger partial charge >= 0.3 is 5.97 Å². The molecule has 0 aliphatic rings. The topological polar surface area (TPSA) is 75.6 Å². The van der Waals surface area contributed by atoms with Crippen LogP contribution in [-0.4, -0.2) is 28.6 Å². The van der Waals surface area contributed by atoms with Crippen molar-refractivity contribution in [2.75, 3.05) is 0 Å². The van der Waals surface area contributed by atoms with Crippen molar-refractivity contribution in [3.63, 3.8) is 0 Å². The number of carbonyl (C=O) groups excluding carboxylic acids is 1. The van der Waals surface area contributed by atoms with Crippen LogP contribution in [0.15, 0.2) is 24.3 Å². The average molecular weight is 279 g/mol. The maximum absolute atomic E-state index is 11.1. The Bertz CT molecular complexity index is 474. The molecular weight excluding hydrogens is 258 g/mol. The van der Waals surface area contributed by atoms with Crippen molar-refractivity contribution in [1.29, 1.82) is 0 Å². The lowest BCUT2D eigenvalue weighted by Gasteiger charge is -2.21. The molecule has 2 N–H and O–H groups in total. The minimum Gasteiger partial charge on any atom is -0.488 e. The Kier molecular flexibility index (Phi) is 5.13. The van der Waals surface area contributed by atoms with E-state index in [1.54, 1.807) is 24.3 Å². The number of aliphatic carboxylic acids is 1. The second-order valence-electron chi connectivity index (χ2n) is 5.65. The van der Waals surface area contributed by atoms with Crippen molar-refractivity contribution in [3.05, 3.63) is 29.8 Å². The van der Waals surface area contributed by atoms with Crippen LogP contribution in [0.4, 0.5) is 0 Å². The van der Waals surface area contributed by atoms with Gasteiger partial charge in [0.2, 0.25) is 5.91 Å². The van der Waals surface area contributed by atoms with E-state index >= 15 is 0 Å². The van der Waals surface area contributed by atoms with E-state index < -0.39 is 12.0 Å². The van der Waals surface area contributed by atoms with Crippen LogP contribution in [0, 0.1) is 0 Å². The van der Waals surface area contributed by atoms with Crippen LogP contribution >= 0.6 is 0 Å². The number of carboxylic acid groups (broad SMARTS) is 1. The number of hydrogen-bond acceptors (Lipinski definition) is 3. The summed E-state index contributed by atoms with van der Waals surface area (Å²) in [5, 5.41) is 11.5. The second-order valence-corrected chi connectivity index (χ2v) is 5.65. The summed E-state index contributed by atoms with van der Waals surface area (Å²) in [6, 6.07) is 6.29. The number of ether oxygens (including phenoxy) is 1. The molecule has 1 atom stereocenters. The van der Waals surface area contributed by atoms with Crippen molar-refractivity contribution in [2.45, 2.75) is 45.8 Å². The van der Waals surface area contributed by atoms with E-state index in [4.69, 9.17) is 9.84 Å². The minimum absolute atomic E-state index is 0.241. The maximum atomic E-state index is 11.1. The van der Waals surface area contributed by atoms with Crippen molar-refractivity contribution in [1.82, 2.24) is 5.32 Å². The van der Waals surface area contributed by atoms with Gasteiger partial charge in [-0.25, -0.2) is 4.79 Å². The zero-order valence-corrected chi connectivity index (χ0v) is 12.3. The number of benzene rings is 1. The maximum Gasteiger partial charge on any atom is 0.326 e. The molecular formula is C15H21NO4. The number of carboxylic acids is 1. The fraction of sp³-hybridized carbons (Fsp3) is 0.467. The molecule has 1 rings (SSSR count). The van der Waals surface area contributed by atoms with E-state index in [0.717, 1.165) is 11.3 Å². The van der Waals surface area contributed by atoms with Crippen molar-refractivity contribution in [3.8, 4) is 5.75 Å². The van der Waals surface area contributed by atoms with Gasteiger partial charge in [-0.15, -0.1) is 0 Å². The smallest absolute Gasteiger partial charge is 0.326 e. The van der Waals surface area contributed by atoms with Crippen LogP contribution in [-0.2, 0) is 16.0 Å². The fourth-order valence-corrected chi connectivity index (χ4v) is 1.73. The molecule has 20 heavy (non-hydrogen) atoms. The Morgan fingerprint density at radius 3 is 2.20 bits per heavy atom. The number of carbonyl (C=O) groups is 2. The molecule has 0 saturated carbocycles. The molecule has 0 radical (unpaired) electrons. The quantitative estimate of drug-likeness (QED) is 0.864. The summed E-state index contributed by atoms with van der Waals surface area (Å²) in [6.45, 7) is 7.17. The highest BCUT2D eigenvalue weighted by atomic mass is 16.5. The Hall–Kier alpha value is -2.04. The molecule has 5 nitrogen and oxygen atoms in total. The van der Waals surface area contributed by atoms with Crippen molar-refractivity contribution < 1.29 is 19.4 Å². The molecule has 0 unspecified atom stereocenters. The van der Waals surface area contributed by atoms with Crippen LogP contribution in [0.2, 0.25) is 0 Å². The van der Waals surface area contributed by atoms with E-state index in [9.17, 15) is 9.59 Å². The summed E-state index contributed by atoms with van der Waals surface area (Å²) in [7, 11) is 0. The molecule has 110 valence electrons. The molecule has 1 amide bonds. The van der Waals surface area contributed by atoms with Gasteiger partial charge in [-0.2, -0.15) is 0 Å². The fourth-order valence-electron chi connectivity index (χ4n) is 1.73. The second kappa shape index (κ2) is 6.41. The van der Waals surface area contributed by atoms with Gasteiger partial charge in [0.05, 0.1) is 0 Å². The van der Waals surface area contributed by atoms with Crippen LogP contribution in [0.5, 0.6) is 5.75 Å². The third-order valence-corrected chi connectivity index (χ3v) is 2.46. The van der Waals surface area contributed by atoms with Gasteiger partial charge in [0.25, 0.3) is 0 Å². The van der Waals surface area contributed by atoms with Crippen LogP contribution < -0.4 is 10.1 Å². The molecule has 0 bridgehead atoms. The average Bonchev–Trinajstić information content (AvgIpc) is 2.28. The summed E-state index contributed by atoms with van der Waals surface area (Å²) in [5.74, 6) is -0.673. The Labute approximate surface area is 118 Å². The lowest BCUT2D eigenvalue weighted by molar-refractivity contribution is -0.141. The third kappa shape index (κ3) is 5.73. The number of nitrogens with one attached hydrogen (secondary N) is 1. The van der Waals surface area contributed by atoms with Crippen LogP contribution in [0.25, 0.3) is 0 Å². The van der Waals surface area contributed by atoms with Crippen LogP contribution in [0.3, 0.4) is 0 Å². The molecule has 0 heterocycles. The SMILES string of the molecule is CC(=O)N[C@@H](Cc1ccc(OC(C)(C)C)cc1)C(=O)O. The molecule has 0 aromatic heterocycles. The van der Waals surface area contributed by atoms with Gasteiger partial charge in [0.15, 0.2) is 0 Å². The molecule has 5 heteroatoms. The lowest BCUT2D eigenvalue weighted by Crippen LogP contribution is -2.41. The monoisotopic (exact) mass is 279 g/mol. The summed E-state index contributed by atoms with van der Waals surface area (Å²) in [5.41, 5.74) is 0.550. The zero-order chi connectivity index (χ0) is 15.3. The molecule has 0 aliphatic heterocycles. The van der Waals surface area contributed by atoms with Crippen LogP contribution in [0.1, 0.15) is 33.3 Å².